The predicted octanol–water partition coefficient (Wildman–Crippen LogP) is 1.43. The van der Waals surface area contributed by atoms with Crippen LogP contribution in [0.25, 0.3) is 0 Å². The molecule has 5 saturated carbocycles. The van der Waals surface area contributed by atoms with E-state index >= 15 is 0 Å². The number of carbonyl (C=O) groups is 4. The van der Waals surface area contributed by atoms with Crippen molar-refractivity contribution in [3.63, 3.8) is 0 Å². The minimum Gasteiger partial charge on any atom is -0.462 e. The molecule has 0 aromatic carbocycles. The van der Waals surface area contributed by atoms with Crippen LogP contribution >= 0.6 is 0 Å². The van der Waals surface area contributed by atoms with Gasteiger partial charge >= 0.3 is 17.9 Å². The largest absolute Gasteiger partial charge is 0.462 e. The molecule has 3 aliphatic heterocycles. The summed E-state index contributed by atoms with van der Waals surface area (Å²) >= 11 is 0. The molecule has 8 rings (SSSR count). The van der Waals surface area contributed by atoms with Crippen LogP contribution < -0.4 is 0 Å². The topological polar surface area (TPSA) is 191 Å². The Balaban J connectivity index is 1.39. The van der Waals surface area contributed by atoms with Crippen LogP contribution in [0.2, 0.25) is 0 Å². The SMILES string of the molecule is C=C1O[C@]23O[C@H]2[C@@H](C)[C@H]2[C@@H]([C@H](OC(C)=O)[C@H]4[C@H]5[C@H]([C@H](C)[C@H](O)[C@@]42C)[C@@]2(C)[C@@H](OC(C)=O)[C@H]4O[C@H]4C[C@]2(O)C(=O)[C@@H]5OC(C)=O)[C@@]3(C)[C@]1(C)O. The second-order valence-corrected chi connectivity index (χ2v) is 17.2. The number of carbonyl (C=O) groups excluding carboxylic acids is 4. The van der Waals surface area contributed by atoms with Crippen molar-refractivity contribution >= 4 is 23.7 Å². The predicted molar refractivity (Wildman–Crippen MR) is 164 cm³/mol. The number of aliphatic hydroxyl groups excluding tert-OH is 1. The number of aliphatic hydroxyl groups is 3. The molecule has 3 heterocycles. The molecule has 13 nitrogen and oxygen atoms in total. The van der Waals surface area contributed by atoms with E-state index in [1.54, 1.807) is 13.8 Å². The van der Waals surface area contributed by atoms with Gasteiger partial charge in [-0.15, -0.1) is 0 Å². The summed E-state index contributed by atoms with van der Waals surface area (Å²) in [4.78, 5) is 53.5. The highest BCUT2D eigenvalue weighted by atomic mass is 16.8. The van der Waals surface area contributed by atoms with Gasteiger partial charge in [-0.1, -0.05) is 34.3 Å². The molecule has 20 atom stereocenters. The average molecular weight is 689 g/mol. The summed E-state index contributed by atoms with van der Waals surface area (Å²) in [5.74, 6) is -8.54. The monoisotopic (exact) mass is 688 g/mol. The van der Waals surface area contributed by atoms with Gasteiger partial charge in [0.1, 0.15) is 41.4 Å². The molecule has 0 amide bonds. The van der Waals surface area contributed by atoms with Gasteiger partial charge in [0.2, 0.25) is 11.6 Å². The number of ketones is 1. The number of rotatable bonds is 3. The van der Waals surface area contributed by atoms with Crippen molar-refractivity contribution in [1.82, 2.24) is 0 Å². The fourth-order valence-corrected chi connectivity index (χ4v) is 13.5. The molecule has 13 heteroatoms. The summed E-state index contributed by atoms with van der Waals surface area (Å²) in [6.07, 6.45) is -6.44. The van der Waals surface area contributed by atoms with Gasteiger partial charge in [0.05, 0.1) is 17.6 Å². The van der Waals surface area contributed by atoms with Crippen LogP contribution in [0.4, 0.5) is 0 Å². The first-order chi connectivity index (χ1) is 22.6. The maximum absolute atomic E-state index is 14.9. The second kappa shape index (κ2) is 9.44. The Morgan fingerprint density at radius 2 is 1.49 bits per heavy atom. The van der Waals surface area contributed by atoms with Gasteiger partial charge in [-0.3, -0.25) is 19.2 Å². The lowest BCUT2D eigenvalue weighted by atomic mass is 9.38. The molecule has 0 bridgehead atoms. The molecule has 8 aliphatic rings. The van der Waals surface area contributed by atoms with Crippen LogP contribution in [-0.2, 0) is 47.6 Å². The first kappa shape index (κ1) is 33.6. The zero-order valence-corrected chi connectivity index (χ0v) is 29.4. The van der Waals surface area contributed by atoms with E-state index in [4.69, 9.17) is 28.4 Å². The zero-order chi connectivity index (χ0) is 35.9. The molecule has 5 aliphatic carbocycles. The number of fused-ring (bicyclic) bond motifs is 9. The lowest BCUT2D eigenvalue weighted by molar-refractivity contribution is -0.282. The summed E-state index contributed by atoms with van der Waals surface area (Å²) in [7, 11) is 0. The van der Waals surface area contributed by atoms with Gasteiger partial charge < -0.3 is 43.7 Å². The Labute approximate surface area is 284 Å². The number of esters is 3. The minimum absolute atomic E-state index is 0.103. The molecule has 0 unspecified atom stereocenters. The first-order valence-corrected chi connectivity index (χ1v) is 17.5. The van der Waals surface area contributed by atoms with Gasteiger partial charge in [-0.25, -0.2) is 0 Å². The van der Waals surface area contributed by atoms with Crippen molar-refractivity contribution in [2.24, 2.45) is 57.7 Å². The highest BCUT2D eigenvalue weighted by Crippen LogP contribution is 2.82. The van der Waals surface area contributed by atoms with Crippen molar-refractivity contribution in [1.29, 1.82) is 0 Å². The zero-order valence-electron chi connectivity index (χ0n) is 29.4. The van der Waals surface area contributed by atoms with Crippen LogP contribution in [0.5, 0.6) is 0 Å². The number of Topliss-reactive ketones (excluding diaryl/α,β-unsaturated/α-hetero) is 1. The third kappa shape index (κ3) is 3.46. The average Bonchev–Trinajstić information content (AvgIpc) is 3.89. The quantitative estimate of drug-likeness (QED) is 0.220. The molecule has 0 radical (unpaired) electrons. The lowest BCUT2D eigenvalue weighted by Gasteiger charge is -2.67. The molecule has 8 fully saturated rings. The Kier molecular flexibility index (Phi) is 6.47. The van der Waals surface area contributed by atoms with E-state index in [1.165, 1.54) is 20.8 Å². The van der Waals surface area contributed by atoms with Crippen molar-refractivity contribution in [3.8, 4) is 0 Å². The fraction of sp³-hybridized carbons (Fsp3) is 0.833. The maximum atomic E-state index is 14.9. The van der Waals surface area contributed by atoms with Crippen molar-refractivity contribution in [2.45, 2.75) is 128 Å². The first-order valence-electron chi connectivity index (χ1n) is 17.5. The van der Waals surface area contributed by atoms with Gasteiger partial charge in [0.25, 0.3) is 0 Å². The van der Waals surface area contributed by atoms with Crippen molar-refractivity contribution in [3.05, 3.63) is 12.3 Å². The third-order valence-electron chi connectivity index (χ3n) is 15.4. The number of hydrogen-bond donors (Lipinski definition) is 3. The van der Waals surface area contributed by atoms with E-state index in [9.17, 15) is 34.5 Å². The molecule has 270 valence electrons. The molecule has 0 aromatic heterocycles. The van der Waals surface area contributed by atoms with Crippen LogP contribution in [0.15, 0.2) is 12.3 Å². The van der Waals surface area contributed by atoms with Crippen LogP contribution in [0, 0.1) is 57.7 Å². The van der Waals surface area contributed by atoms with Crippen molar-refractivity contribution in [2.75, 3.05) is 0 Å². The van der Waals surface area contributed by atoms with Gasteiger partial charge in [0.15, 0.2) is 6.10 Å². The van der Waals surface area contributed by atoms with Gasteiger partial charge in [0, 0.05) is 55.8 Å². The van der Waals surface area contributed by atoms with Crippen molar-refractivity contribution < 1.29 is 62.9 Å². The summed E-state index contributed by atoms with van der Waals surface area (Å²) in [5, 5.41) is 37.7. The Morgan fingerprint density at radius 3 is 2.08 bits per heavy atom. The highest BCUT2D eigenvalue weighted by Gasteiger charge is 2.92. The van der Waals surface area contributed by atoms with E-state index in [0.717, 1.165) is 0 Å². The summed E-state index contributed by atoms with van der Waals surface area (Å²) in [6.45, 7) is 18.7. The molecular formula is C36H48O13. The summed E-state index contributed by atoms with van der Waals surface area (Å²) in [5.41, 5.74) is -7.67. The van der Waals surface area contributed by atoms with E-state index in [2.05, 4.69) is 6.58 Å². The maximum Gasteiger partial charge on any atom is 0.303 e. The van der Waals surface area contributed by atoms with E-state index in [1.807, 2.05) is 27.7 Å². The number of ether oxygens (including phenoxy) is 6. The van der Waals surface area contributed by atoms with Crippen LogP contribution in [0.3, 0.4) is 0 Å². The summed E-state index contributed by atoms with van der Waals surface area (Å²) in [6, 6.07) is 0. The standard InChI is InChI=1S/C36H48O13/c1-12-20-19(25(44-15(4)37)28(41)35(43)11-18-24(47-18)30(32(20,35)8)46-17(6)39)22-26(45-16(5)38)23-21(31(22,7)27(12)40)13(2)29-36(49-29)33(23,9)34(10,42)14(3)48-36/h12-13,18-27,29-30,40,42-43H,3,11H2,1-2,4-10H3/t12-,13-,18-,19+,20-,21-,22+,23-,24-,25+,26+,27-,29-,30-,31+,32-,33-,34+,35-,36-/m0/s1. The number of hydrogen-bond acceptors (Lipinski definition) is 13. The molecule has 0 aromatic rings. The fourth-order valence-electron chi connectivity index (χ4n) is 13.5. The Hall–Kier alpha value is -2.58. The normalized spacial score (nSPS) is 60.2. The van der Waals surface area contributed by atoms with Crippen LogP contribution in [0.1, 0.15) is 68.7 Å². The molecule has 1 spiro atoms. The molecule has 3 saturated heterocycles. The van der Waals surface area contributed by atoms with E-state index < -0.39 is 135 Å². The minimum atomic E-state index is -2.16. The van der Waals surface area contributed by atoms with Gasteiger partial charge in [-0.2, -0.15) is 0 Å². The molecular weight excluding hydrogens is 640 g/mol. The third-order valence-corrected chi connectivity index (χ3v) is 15.4. The smallest absolute Gasteiger partial charge is 0.303 e. The Morgan fingerprint density at radius 1 is 0.878 bits per heavy atom. The highest BCUT2D eigenvalue weighted by molar-refractivity contribution is 5.95. The Bertz CT molecular complexity index is 1590. The molecule has 3 N–H and O–H groups in total. The number of epoxide rings is 2. The van der Waals surface area contributed by atoms with Gasteiger partial charge in [-0.05, 0) is 37.5 Å². The summed E-state index contributed by atoms with van der Waals surface area (Å²) < 4.78 is 36.8. The second-order valence-electron chi connectivity index (χ2n) is 17.2. The molecule has 49 heavy (non-hydrogen) atoms. The van der Waals surface area contributed by atoms with Crippen LogP contribution in [-0.4, -0.2) is 98.7 Å². The van der Waals surface area contributed by atoms with E-state index in [-0.39, 0.29) is 18.1 Å². The van der Waals surface area contributed by atoms with E-state index in [0.29, 0.717) is 0 Å². The lowest BCUT2D eigenvalue weighted by Crippen LogP contribution is -2.78.